The van der Waals surface area contributed by atoms with Crippen molar-refractivity contribution in [1.82, 2.24) is 19.7 Å². The van der Waals surface area contributed by atoms with Crippen LogP contribution in [0.2, 0.25) is 0 Å². The predicted octanol–water partition coefficient (Wildman–Crippen LogP) is 2.39. The second-order valence-electron chi connectivity index (χ2n) is 7.04. The van der Waals surface area contributed by atoms with Crippen LogP contribution >= 0.6 is 0 Å². The molecule has 7 nitrogen and oxygen atoms in total. The van der Waals surface area contributed by atoms with Crippen molar-refractivity contribution in [2.45, 2.75) is 25.8 Å². The first-order chi connectivity index (χ1) is 13.6. The number of amides is 1. The van der Waals surface area contributed by atoms with Crippen LogP contribution < -0.4 is 10.4 Å². The molecule has 2 heterocycles. The van der Waals surface area contributed by atoms with Crippen molar-refractivity contribution in [2.75, 3.05) is 13.7 Å². The Morgan fingerprint density at radius 2 is 1.96 bits per heavy atom. The van der Waals surface area contributed by atoms with Crippen molar-refractivity contribution in [3.63, 3.8) is 0 Å². The lowest BCUT2D eigenvalue weighted by Crippen LogP contribution is -2.25. The van der Waals surface area contributed by atoms with Gasteiger partial charge in [0.2, 0.25) is 5.91 Å². The average Bonchev–Trinajstić information content (AvgIpc) is 3.25. The minimum absolute atomic E-state index is 0.0716. The fourth-order valence-electron chi connectivity index (χ4n) is 3.72. The number of nitrogens with one attached hydrogen (secondary N) is 1. The molecule has 144 valence electrons. The van der Waals surface area contributed by atoms with Crippen LogP contribution in [0.4, 0.5) is 0 Å². The van der Waals surface area contributed by atoms with E-state index in [1.807, 2.05) is 60.4 Å². The highest BCUT2D eigenvalue weighted by Crippen LogP contribution is 2.29. The topological polar surface area (TPSA) is 80.2 Å². The van der Waals surface area contributed by atoms with E-state index >= 15 is 0 Å². The van der Waals surface area contributed by atoms with Gasteiger partial charge in [-0.3, -0.25) is 4.79 Å². The predicted molar refractivity (Wildman–Crippen MR) is 105 cm³/mol. The summed E-state index contributed by atoms with van der Waals surface area (Å²) in [6.07, 6.45) is 0.340. The number of hydrogen-bond donors (Lipinski definition) is 1. The smallest absolute Gasteiger partial charge is 0.347 e. The molecule has 1 fully saturated rings. The van der Waals surface area contributed by atoms with Crippen LogP contribution in [-0.2, 0) is 11.3 Å². The van der Waals surface area contributed by atoms with Crippen molar-refractivity contribution in [3.05, 3.63) is 76.0 Å². The molecule has 0 bridgehead atoms. The third-order valence-electron chi connectivity index (χ3n) is 5.14. The average molecular weight is 378 g/mol. The van der Waals surface area contributed by atoms with E-state index < -0.39 is 0 Å². The van der Waals surface area contributed by atoms with Crippen molar-refractivity contribution in [1.29, 1.82) is 0 Å². The van der Waals surface area contributed by atoms with Gasteiger partial charge in [0, 0.05) is 25.4 Å². The Bertz CT molecular complexity index is 1060. The molecule has 0 saturated carbocycles. The Morgan fingerprint density at radius 3 is 2.68 bits per heavy atom. The van der Waals surface area contributed by atoms with Crippen molar-refractivity contribution in [2.24, 2.45) is 0 Å². The Hall–Kier alpha value is -3.35. The molecule has 0 radical (unpaired) electrons. The summed E-state index contributed by atoms with van der Waals surface area (Å²) in [5, 5.41) is 6.79. The van der Waals surface area contributed by atoms with E-state index in [4.69, 9.17) is 4.74 Å². The van der Waals surface area contributed by atoms with E-state index in [1.54, 1.807) is 11.7 Å². The van der Waals surface area contributed by atoms with Crippen LogP contribution in [0.3, 0.4) is 0 Å². The highest BCUT2D eigenvalue weighted by molar-refractivity contribution is 5.79. The maximum atomic E-state index is 12.6. The second kappa shape index (κ2) is 7.34. The minimum Gasteiger partial charge on any atom is -0.497 e. The van der Waals surface area contributed by atoms with Crippen LogP contribution in [-0.4, -0.2) is 39.2 Å². The number of benzene rings is 2. The zero-order valence-corrected chi connectivity index (χ0v) is 15.9. The third-order valence-corrected chi connectivity index (χ3v) is 5.14. The van der Waals surface area contributed by atoms with Crippen molar-refractivity contribution in [3.8, 4) is 11.4 Å². The quantitative estimate of drug-likeness (QED) is 0.739. The maximum Gasteiger partial charge on any atom is 0.347 e. The first-order valence-corrected chi connectivity index (χ1v) is 9.21. The number of methoxy groups -OCH3 is 1. The Balaban J connectivity index is 1.63. The van der Waals surface area contributed by atoms with Crippen LogP contribution in [0.1, 0.15) is 29.3 Å². The molecule has 0 unspecified atom stereocenters. The minimum atomic E-state index is -0.308. The number of aromatic amines is 1. The van der Waals surface area contributed by atoms with Gasteiger partial charge in [0.05, 0.1) is 12.8 Å². The lowest BCUT2D eigenvalue weighted by atomic mass is 10.1. The molecular formula is C21H22N4O3. The summed E-state index contributed by atoms with van der Waals surface area (Å²) in [5.74, 6) is 1.24. The van der Waals surface area contributed by atoms with Gasteiger partial charge < -0.3 is 9.64 Å². The van der Waals surface area contributed by atoms with Gasteiger partial charge in [-0.1, -0.05) is 30.3 Å². The lowest BCUT2D eigenvalue weighted by molar-refractivity contribution is -0.128. The fourth-order valence-corrected chi connectivity index (χ4v) is 3.72. The molecule has 7 heteroatoms. The standard InChI is InChI=1S/C21H22N4O3/c1-14-10-17(28-2)8-9-18(14)25-20(22-23-21(25)27)16-11-19(26)24(13-16)12-15-6-4-3-5-7-15/h3-10,16H,11-13H2,1-2H3,(H,23,27)/t16-/m1/s1. The number of carbonyl (C=O) groups excluding carboxylic acids is 1. The molecule has 28 heavy (non-hydrogen) atoms. The van der Waals surface area contributed by atoms with Crippen molar-refractivity contribution < 1.29 is 9.53 Å². The molecule has 1 aliphatic heterocycles. The number of likely N-dealkylation sites (tertiary alicyclic amines) is 1. The Morgan fingerprint density at radius 1 is 1.18 bits per heavy atom. The number of hydrogen-bond acceptors (Lipinski definition) is 4. The van der Waals surface area contributed by atoms with Gasteiger partial charge in [0.15, 0.2) is 0 Å². The molecule has 1 N–H and O–H groups in total. The van der Waals surface area contributed by atoms with E-state index in [9.17, 15) is 9.59 Å². The molecular weight excluding hydrogens is 356 g/mol. The zero-order chi connectivity index (χ0) is 19.7. The molecule has 1 saturated heterocycles. The monoisotopic (exact) mass is 378 g/mol. The molecule has 1 aromatic heterocycles. The van der Waals surface area contributed by atoms with E-state index in [1.165, 1.54) is 0 Å². The normalized spacial score (nSPS) is 16.6. The first-order valence-electron chi connectivity index (χ1n) is 9.21. The van der Waals surface area contributed by atoms with Gasteiger partial charge >= 0.3 is 5.69 Å². The number of rotatable bonds is 5. The molecule has 0 spiro atoms. The summed E-state index contributed by atoms with van der Waals surface area (Å²) < 4.78 is 6.82. The molecule has 1 aliphatic rings. The summed E-state index contributed by atoms with van der Waals surface area (Å²) in [6, 6.07) is 15.4. The van der Waals surface area contributed by atoms with E-state index in [2.05, 4.69) is 10.2 Å². The van der Waals surface area contributed by atoms with E-state index in [0.29, 0.717) is 25.3 Å². The van der Waals surface area contributed by atoms with Crippen LogP contribution in [0.15, 0.2) is 53.3 Å². The SMILES string of the molecule is COc1ccc(-n2c([C@@H]3CC(=O)N(Cc4ccccc4)C3)n[nH]c2=O)c(C)c1. The third kappa shape index (κ3) is 3.31. The highest BCUT2D eigenvalue weighted by atomic mass is 16.5. The zero-order valence-electron chi connectivity index (χ0n) is 15.9. The van der Waals surface area contributed by atoms with Crippen LogP contribution in [0.5, 0.6) is 5.75 Å². The highest BCUT2D eigenvalue weighted by Gasteiger charge is 2.34. The number of aryl methyl sites for hydroxylation is 1. The van der Waals surface area contributed by atoms with Crippen LogP contribution in [0.25, 0.3) is 5.69 Å². The number of aromatic nitrogens is 3. The molecule has 1 atom stereocenters. The van der Waals surface area contributed by atoms with Gasteiger partial charge in [-0.15, -0.1) is 0 Å². The number of ether oxygens (including phenoxy) is 1. The Labute approximate surface area is 162 Å². The van der Waals surface area contributed by atoms with E-state index in [-0.39, 0.29) is 17.5 Å². The Kier molecular flexibility index (Phi) is 4.73. The summed E-state index contributed by atoms with van der Waals surface area (Å²) in [4.78, 5) is 26.8. The second-order valence-corrected chi connectivity index (χ2v) is 7.04. The van der Waals surface area contributed by atoms with Gasteiger partial charge in [-0.25, -0.2) is 14.5 Å². The summed E-state index contributed by atoms with van der Waals surface area (Å²) >= 11 is 0. The number of nitrogens with zero attached hydrogens (tertiary/aromatic N) is 3. The van der Waals surface area contributed by atoms with Gasteiger partial charge in [-0.05, 0) is 36.2 Å². The largest absolute Gasteiger partial charge is 0.497 e. The number of H-pyrrole nitrogens is 1. The van der Waals surface area contributed by atoms with Gasteiger partial charge in [0.25, 0.3) is 0 Å². The van der Waals surface area contributed by atoms with Gasteiger partial charge in [-0.2, -0.15) is 5.10 Å². The fraction of sp³-hybridized carbons (Fsp3) is 0.286. The molecule has 0 aliphatic carbocycles. The van der Waals surface area contributed by atoms with Gasteiger partial charge in [0.1, 0.15) is 11.6 Å². The number of carbonyl (C=O) groups is 1. The molecule has 1 amide bonds. The first kappa shape index (κ1) is 18.0. The van der Waals surface area contributed by atoms with E-state index in [0.717, 1.165) is 22.6 Å². The maximum absolute atomic E-state index is 12.6. The summed E-state index contributed by atoms with van der Waals surface area (Å²) in [6.45, 7) is 3.02. The summed E-state index contributed by atoms with van der Waals surface area (Å²) in [7, 11) is 1.61. The van der Waals surface area contributed by atoms with Crippen molar-refractivity contribution >= 4 is 5.91 Å². The summed E-state index contributed by atoms with van der Waals surface area (Å²) in [5.41, 5.74) is 2.41. The lowest BCUT2D eigenvalue weighted by Gasteiger charge is -2.17. The molecule has 3 aromatic rings. The molecule has 2 aromatic carbocycles. The van der Waals surface area contributed by atoms with Crippen LogP contribution in [0, 0.1) is 6.92 Å². The molecule has 4 rings (SSSR count).